The molecule has 0 saturated carbocycles. The molecule has 0 N–H and O–H groups in total. The predicted octanol–water partition coefficient (Wildman–Crippen LogP) is 3.88. The first-order chi connectivity index (χ1) is 7.99. The number of halogens is 1. The molecule has 0 saturated heterocycles. The van der Waals surface area contributed by atoms with Gasteiger partial charge in [0.25, 0.3) is 0 Å². The van der Waals surface area contributed by atoms with Crippen molar-refractivity contribution in [1.82, 2.24) is 9.97 Å². The summed E-state index contributed by atoms with van der Waals surface area (Å²) in [6, 6.07) is 2.31. The van der Waals surface area contributed by atoms with Gasteiger partial charge in [0.2, 0.25) is 0 Å². The Hall–Kier alpha value is -0.830. The van der Waals surface area contributed by atoms with Crippen molar-refractivity contribution in [2.75, 3.05) is 11.4 Å². The van der Waals surface area contributed by atoms with Crippen molar-refractivity contribution in [3.8, 4) is 0 Å². The Labute approximate surface area is 109 Å². The molecule has 1 rings (SSSR count). The summed E-state index contributed by atoms with van der Waals surface area (Å²) in [5, 5.41) is 0.528. The van der Waals surface area contributed by atoms with Crippen molar-refractivity contribution >= 4 is 17.4 Å². The Morgan fingerprint density at radius 2 is 1.88 bits per heavy atom. The van der Waals surface area contributed by atoms with E-state index in [9.17, 15) is 0 Å². The molecule has 0 aliphatic rings. The summed E-state index contributed by atoms with van der Waals surface area (Å²) in [6.07, 6.45) is 1.09. The van der Waals surface area contributed by atoms with Crippen molar-refractivity contribution in [3.05, 3.63) is 17.0 Å². The molecule has 1 aromatic heterocycles. The number of hydrogen-bond acceptors (Lipinski definition) is 3. The van der Waals surface area contributed by atoms with Crippen LogP contribution < -0.4 is 4.90 Å². The maximum absolute atomic E-state index is 6.07. The fourth-order valence-electron chi connectivity index (χ4n) is 1.75. The van der Waals surface area contributed by atoms with Gasteiger partial charge in [-0.15, -0.1) is 0 Å². The maximum Gasteiger partial charge on any atom is 0.135 e. The predicted molar refractivity (Wildman–Crippen MR) is 73.9 cm³/mol. The van der Waals surface area contributed by atoms with E-state index in [1.165, 1.54) is 0 Å². The average molecular weight is 256 g/mol. The van der Waals surface area contributed by atoms with Crippen LogP contribution in [0.2, 0.25) is 5.15 Å². The fraction of sp³-hybridized carbons (Fsp3) is 0.692. The molecule has 96 valence electrons. The lowest BCUT2D eigenvalue weighted by Crippen LogP contribution is -2.33. The van der Waals surface area contributed by atoms with Crippen LogP contribution in [0.15, 0.2) is 6.07 Å². The van der Waals surface area contributed by atoms with Gasteiger partial charge < -0.3 is 4.90 Å². The molecule has 0 bridgehead atoms. The molecule has 0 amide bonds. The molecule has 3 nitrogen and oxygen atoms in total. The second-order valence-corrected chi connectivity index (χ2v) is 4.99. The molecule has 0 radical (unpaired) electrons. The topological polar surface area (TPSA) is 29.0 Å². The first kappa shape index (κ1) is 14.2. The van der Waals surface area contributed by atoms with Crippen molar-refractivity contribution in [3.63, 3.8) is 0 Å². The minimum atomic E-state index is 0.295. The number of nitrogens with zero attached hydrogens (tertiary/aromatic N) is 3. The van der Waals surface area contributed by atoms with Gasteiger partial charge in [-0.2, -0.15) is 0 Å². The first-order valence-corrected chi connectivity index (χ1v) is 6.68. The Morgan fingerprint density at radius 3 is 2.35 bits per heavy atom. The Kier molecular flexibility index (Phi) is 5.19. The van der Waals surface area contributed by atoms with Crippen molar-refractivity contribution in [2.45, 2.75) is 53.0 Å². The van der Waals surface area contributed by atoms with E-state index in [2.05, 4.69) is 49.5 Å². The largest absolute Gasteiger partial charge is 0.354 e. The Bertz CT molecular complexity index is 366. The highest BCUT2D eigenvalue weighted by Gasteiger charge is 2.15. The van der Waals surface area contributed by atoms with Crippen molar-refractivity contribution in [1.29, 1.82) is 0 Å². The highest BCUT2D eigenvalue weighted by Crippen LogP contribution is 2.22. The monoisotopic (exact) mass is 255 g/mol. The van der Waals surface area contributed by atoms with Crippen LogP contribution in [0.5, 0.6) is 0 Å². The molecular weight excluding hydrogens is 234 g/mol. The molecule has 1 atom stereocenters. The van der Waals surface area contributed by atoms with Gasteiger partial charge in [0.15, 0.2) is 0 Å². The normalized spacial score (nSPS) is 12.9. The molecule has 0 spiro atoms. The standard InChI is InChI=1S/C13H22ClN3/c1-6-10(5)17(7-2)12-8-11(14)15-13(16-12)9(3)4/h8-10H,6-7H2,1-5H3. The van der Waals surface area contributed by atoms with E-state index in [0.717, 1.165) is 24.6 Å². The van der Waals surface area contributed by atoms with Crippen LogP contribution in [-0.4, -0.2) is 22.6 Å². The third kappa shape index (κ3) is 3.56. The number of anilines is 1. The number of hydrogen-bond donors (Lipinski definition) is 0. The molecule has 1 unspecified atom stereocenters. The van der Waals surface area contributed by atoms with Crippen LogP contribution in [0.4, 0.5) is 5.82 Å². The molecule has 0 aliphatic heterocycles. The molecule has 4 heteroatoms. The third-order valence-electron chi connectivity index (χ3n) is 2.97. The Balaban J connectivity index is 3.11. The van der Waals surface area contributed by atoms with Gasteiger partial charge in [-0.05, 0) is 20.3 Å². The molecule has 1 heterocycles. The van der Waals surface area contributed by atoms with E-state index >= 15 is 0 Å². The molecule has 0 fully saturated rings. The second-order valence-electron chi connectivity index (χ2n) is 4.61. The van der Waals surface area contributed by atoms with Crippen molar-refractivity contribution < 1.29 is 0 Å². The van der Waals surface area contributed by atoms with Crippen LogP contribution in [0.25, 0.3) is 0 Å². The van der Waals surface area contributed by atoms with Gasteiger partial charge in [0.1, 0.15) is 16.8 Å². The van der Waals surface area contributed by atoms with Gasteiger partial charge in [-0.3, -0.25) is 0 Å². The highest BCUT2D eigenvalue weighted by atomic mass is 35.5. The minimum absolute atomic E-state index is 0.295. The summed E-state index contributed by atoms with van der Waals surface area (Å²) in [5.74, 6) is 2.04. The SMILES string of the molecule is CCC(C)N(CC)c1cc(Cl)nc(C(C)C)n1. The third-order valence-corrected chi connectivity index (χ3v) is 3.17. The van der Waals surface area contributed by atoms with Crippen LogP contribution in [0.3, 0.4) is 0 Å². The van der Waals surface area contributed by atoms with E-state index in [0.29, 0.717) is 17.1 Å². The molecule has 0 aliphatic carbocycles. The number of aromatic nitrogens is 2. The fourth-order valence-corrected chi connectivity index (χ4v) is 1.93. The van der Waals surface area contributed by atoms with Crippen LogP contribution >= 0.6 is 11.6 Å². The first-order valence-electron chi connectivity index (χ1n) is 6.30. The van der Waals surface area contributed by atoms with Crippen LogP contribution in [0.1, 0.15) is 52.8 Å². The lowest BCUT2D eigenvalue weighted by molar-refractivity contribution is 0.618. The van der Waals surface area contributed by atoms with E-state index in [1.807, 2.05) is 6.07 Å². The maximum atomic E-state index is 6.07. The van der Waals surface area contributed by atoms with Crippen LogP contribution in [-0.2, 0) is 0 Å². The molecular formula is C13H22ClN3. The van der Waals surface area contributed by atoms with Crippen molar-refractivity contribution in [2.24, 2.45) is 0 Å². The Morgan fingerprint density at radius 1 is 1.24 bits per heavy atom. The lowest BCUT2D eigenvalue weighted by atomic mass is 10.2. The van der Waals surface area contributed by atoms with E-state index in [-0.39, 0.29) is 0 Å². The summed E-state index contributed by atoms with van der Waals surface area (Å²) >= 11 is 6.07. The summed E-state index contributed by atoms with van der Waals surface area (Å²) < 4.78 is 0. The lowest BCUT2D eigenvalue weighted by Gasteiger charge is -2.28. The van der Waals surface area contributed by atoms with Gasteiger partial charge in [-0.25, -0.2) is 9.97 Å². The minimum Gasteiger partial charge on any atom is -0.354 e. The zero-order valence-electron chi connectivity index (χ0n) is 11.4. The molecule has 0 aromatic carbocycles. The summed E-state index contributed by atoms with van der Waals surface area (Å²) in [4.78, 5) is 11.1. The van der Waals surface area contributed by atoms with Crippen LogP contribution in [0, 0.1) is 0 Å². The van der Waals surface area contributed by atoms with E-state index in [1.54, 1.807) is 0 Å². The molecule has 1 aromatic rings. The smallest absolute Gasteiger partial charge is 0.135 e. The van der Waals surface area contributed by atoms with E-state index in [4.69, 9.17) is 11.6 Å². The number of rotatable bonds is 5. The van der Waals surface area contributed by atoms with Gasteiger partial charge >= 0.3 is 0 Å². The summed E-state index contributed by atoms with van der Waals surface area (Å²) in [6.45, 7) is 11.6. The van der Waals surface area contributed by atoms with E-state index < -0.39 is 0 Å². The van der Waals surface area contributed by atoms with Gasteiger partial charge in [0.05, 0.1) is 0 Å². The van der Waals surface area contributed by atoms with Gasteiger partial charge in [0, 0.05) is 24.6 Å². The quantitative estimate of drug-likeness (QED) is 0.748. The average Bonchev–Trinajstić information content (AvgIpc) is 2.28. The van der Waals surface area contributed by atoms with Gasteiger partial charge in [-0.1, -0.05) is 32.4 Å². The summed E-state index contributed by atoms with van der Waals surface area (Å²) in [5.41, 5.74) is 0. The summed E-state index contributed by atoms with van der Waals surface area (Å²) in [7, 11) is 0. The second kappa shape index (κ2) is 6.20. The highest BCUT2D eigenvalue weighted by molar-refractivity contribution is 6.29. The molecule has 17 heavy (non-hydrogen) atoms. The zero-order chi connectivity index (χ0) is 13.0. The zero-order valence-corrected chi connectivity index (χ0v) is 12.1.